The van der Waals surface area contributed by atoms with Gasteiger partial charge in [0.2, 0.25) is 5.95 Å². The fraction of sp³-hybridized carbons (Fsp3) is 0.500. The van der Waals surface area contributed by atoms with E-state index in [0.717, 1.165) is 50.3 Å². The number of hydrogen-bond donors (Lipinski definition) is 1. The first kappa shape index (κ1) is 15.5. The summed E-state index contributed by atoms with van der Waals surface area (Å²) in [6.45, 7) is 8.86. The highest BCUT2D eigenvalue weighted by Crippen LogP contribution is 2.18. The fourth-order valence-corrected chi connectivity index (χ4v) is 2.52. The Balaban J connectivity index is 1.60. The van der Waals surface area contributed by atoms with Crippen LogP contribution in [0, 0.1) is 5.92 Å². The predicted octanol–water partition coefficient (Wildman–Crippen LogP) is 1.66. The lowest BCUT2D eigenvalue weighted by Crippen LogP contribution is -2.47. The highest BCUT2D eigenvalue weighted by atomic mass is 15.3. The van der Waals surface area contributed by atoms with Gasteiger partial charge in [-0.3, -0.25) is 0 Å². The summed E-state index contributed by atoms with van der Waals surface area (Å²) >= 11 is 0. The summed E-state index contributed by atoms with van der Waals surface area (Å²) in [6, 6.07) is 3.86. The van der Waals surface area contributed by atoms with Crippen molar-refractivity contribution in [1.29, 1.82) is 0 Å². The van der Waals surface area contributed by atoms with E-state index in [1.807, 2.05) is 12.1 Å². The second-order valence-corrected chi connectivity index (χ2v) is 6.06. The molecular weight excluding hydrogens is 290 g/mol. The Labute approximate surface area is 136 Å². The Bertz CT molecular complexity index is 609. The molecule has 7 nitrogen and oxygen atoms in total. The van der Waals surface area contributed by atoms with Gasteiger partial charge < -0.3 is 15.1 Å². The molecule has 7 heteroatoms. The average molecular weight is 313 g/mol. The van der Waals surface area contributed by atoms with E-state index in [1.54, 1.807) is 18.7 Å². The van der Waals surface area contributed by atoms with Gasteiger partial charge in [-0.1, -0.05) is 13.8 Å². The number of hydrogen-bond acceptors (Lipinski definition) is 7. The van der Waals surface area contributed by atoms with Crippen molar-refractivity contribution < 1.29 is 0 Å². The van der Waals surface area contributed by atoms with Crippen LogP contribution in [0.15, 0.2) is 30.9 Å². The van der Waals surface area contributed by atoms with Crippen molar-refractivity contribution in [3.8, 4) is 0 Å². The molecule has 1 fully saturated rings. The van der Waals surface area contributed by atoms with E-state index < -0.39 is 0 Å². The Hall–Kier alpha value is -2.44. The van der Waals surface area contributed by atoms with Gasteiger partial charge in [0.05, 0.1) is 0 Å². The Morgan fingerprint density at radius 3 is 2.39 bits per heavy atom. The molecule has 1 aliphatic rings. The van der Waals surface area contributed by atoms with Crippen LogP contribution >= 0.6 is 0 Å². The van der Waals surface area contributed by atoms with E-state index in [4.69, 9.17) is 0 Å². The second-order valence-electron chi connectivity index (χ2n) is 6.06. The first-order chi connectivity index (χ1) is 11.2. The lowest BCUT2D eigenvalue weighted by molar-refractivity contribution is 0.633. The average Bonchev–Trinajstić information content (AvgIpc) is 2.61. The third-order valence-corrected chi connectivity index (χ3v) is 3.78. The van der Waals surface area contributed by atoms with Gasteiger partial charge in [-0.05, 0) is 12.0 Å². The number of nitrogens with one attached hydrogen (secondary N) is 1. The molecule has 0 aromatic carbocycles. The molecule has 1 N–H and O–H groups in total. The minimum Gasteiger partial charge on any atom is -0.370 e. The van der Waals surface area contributed by atoms with Crippen LogP contribution in [0.1, 0.15) is 13.8 Å². The van der Waals surface area contributed by atoms with Gasteiger partial charge in [0, 0.05) is 51.2 Å². The molecule has 0 radical (unpaired) electrons. The molecule has 23 heavy (non-hydrogen) atoms. The number of anilines is 3. The van der Waals surface area contributed by atoms with Crippen LogP contribution in [0.4, 0.5) is 17.6 Å². The summed E-state index contributed by atoms with van der Waals surface area (Å²) in [5, 5.41) is 3.35. The number of rotatable bonds is 5. The topological polar surface area (TPSA) is 70.1 Å². The molecule has 0 unspecified atom stereocenters. The SMILES string of the molecule is CC(C)CNc1cc(N2CCN(c3ncccn3)CC2)ncn1. The van der Waals surface area contributed by atoms with Crippen molar-refractivity contribution in [2.24, 2.45) is 5.92 Å². The summed E-state index contributed by atoms with van der Waals surface area (Å²) in [4.78, 5) is 21.8. The van der Waals surface area contributed by atoms with Crippen LogP contribution in [-0.4, -0.2) is 52.7 Å². The van der Waals surface area contributed by atoms with Crippen molar-refractivity contribution >= 4 is 17.6 Å². The van der Waals surface area contributed by atoms with E-state index in [-0.39, 0.29) is 0 Å². The highest BCUT2D eigenvalue weighted by Gasteiger charge is 2.20. The van der Waals surface area contributed by atoms with Gasteiger partial charge in [0.15, 0.2) is 0 Å². The molecule has 2 aromatic rings. The van der Waals surface area contributed by atoms with Crippen molar-refractivity contribution in [2.75, 3.05) is 47.8 Å². The maximum Gasteiger partial charge on any atom is 0.225 e. The van der Waals surface area contributed by atoms with E-state index in [1.165, 1.54) is 0 Å². The smallest absolute Gasteiger partial charge is 0.225 e. The zero-order valence-electron chi connectivity index (χ0n) is 13.7. The van der Waals surface area contributed by atoms with Gasteiger partial charge in [-0.2, -0.15) is 0 Å². The zero-order valence-corrected chi connectivity index (χ0v) is 13.7. The minimum absolute atomic E-state index is 0.586. The number of piperazine rings is 1. The highest BCUT2D eigenvalue weighted by molar-refractivity contribution is 5.49. The molecule has 3 heterocycles. The van der Waals surface area contributed by atoms with E-state index >= 15 is 0 Å². The van der Waals surface area contributed by atoms with Crippen LogP contribution in [0.25, 0.3) is 0 Å². The Morgan fingerprint density at radius 1 is 1.00 bits per heavy atom. The molecule has 0 atom stereocenters. The normalized spacial score (nSPS) is 15.1. The van der Waals surface area contributed by atoms with Crippen LogP contribution in [-0.2, 0) is 0 Å². The monoisotopic (exact) mass is 313 g/mol. The maximum absolute atomic E-state index is 4.41. The third-order valence-electron chi connectivity index (χ3n) is 3.78. The van der Waals surface area contributed by atoms with E-state index in [0.29, 0.717) is 5.92 Å². The lowest BCUT2D eigenvalue weighted by atomic mass is 10.2. The first-order valence-corrected chi connectivity index (χ1v) is 8.05. The largest absolute Gasteiger partial charge is 0.370 e. The van der Waals surface area contributed by atoms with Crippen LogP contribution in [0.2, 0.25) is 0 Å². The quantitative estimate of drug-likeness (QED) is 0.900. The number of aromatic nitrogens is 4. The third kappa shape index (κ3) is 4.06. The molecule has 0 amide bonds. The standard InChI is InChI=1S/C16H23N7/c1-13(2)11-19-14-10-15(21-12-20-14)22-6-8-23(9-7-22)16-17-4-3-5-18-16/h3-5,10,12-13H,6-9,11H2,1-2H3,(H,19,20,21). The van der Waals surface area contributed by atoms with Gasteiger partial charge >= 0.3 is 0 Å². The fourth-order valence-electron chi connectivity index (χ4n) is 2.52. The molecule has 0 bridgehead atoms. The van der Waals surface area contributed by atoms with Crippen molar-refractivity contribution in [1.82, 2.24) is 19.9 Å². The van der Waals surface area contributed by atoms with Crippen molar-refractivity contribution in [3.63, 3.8) is 0 Å². The molecule has 1 aliphatic heterocycles. The molecule has 0 aliphatic carbocycles. The van der Waals surface area contributed by atoms with Gasteiger partial charge in [-0.25, -0.2) is 19.9 Å². The maximum atomic E-state index is 4.41. The summed E-state index contributed by atoms with van der Waals surface area (Å²) < 4.78 is 0. The Kier molecular flexibility index (Phi) is 4.85. The zero-order chi connectivity index (χ0) is 16.1. The summed E-state index contributed by atoms with van der Waals surface area (Å²) in [7, 11) is 0. The minimum atomic E-state index is 0.586. The van der Waals surface area contributed by atoms with Crippen molar-refractivity contribution in [2.45, 2.75) is 13.8 Å². The molecule has 3 rings (SSSR count). The second kappa shape index (κ2) is 7.21. The van der Waals surface area contributed by atoms with Gasteiger partial charge in [0.1, 0.15) is 18.0 Å². The predicted molar refractivity (Wildman–Crippen MR) is 91.8 cm³/mol. The van der Waals surface area contributed by atoms with Crippen LogP contribution in [0.3, 0.4) is 0 Å². The van der Waals surface area contributed by atoms with E-state index in [9.17, 15) is 0 Å². The van der Waals surface area contributed by atoms with Crippen LogP contribution < -0.4 is 15.1 Å². The summed E-state index contributed by atoms with van der Waals surface area (Å²) in [6.07, 6.45) is 5.20. The van der Waals surface area contributed by atoms with E-state index in [2.05, 4.69) is 48.9 Å². The number of nitrogens with zero attached hydrogens (tertiary/aromatic N) is 6. The Morgan fingerprint density at radius 2 is 1.70 bits per heavy atom. The van der Waals surface area contributed by atoms with Crippen molar-refractivity contribution in [3.05, 3.63) is 30.9 Å². The first-order valence-electron chi connectivity index (χ1n) is 8.05. The molecule has 1 saturated heterocycles. The molecule has 2 aromatic heterocycles. The molecule has 0 spiro atoms. The lowest BCUT2D eigenvalue weighted by Gasteiger charge is -2.35. The molecular formula is C16H23N7. The summed E-state index contributed by atoms with van der Waals surface area (Å²) in [5.74, 6) is 3.24. The van der Waals surface area contributed by atoms with Gasteiger partial charge in [0.25, 0.3) is 0 Å². The summed E-state index contributed by atoms with van der Waals surface area (Å²) in [5.41, 5.74) is 0. The van der Waals surface area contributed by atoms with Gasteiger partial charge in [-0.15, -0.1) is 0 Å². The van der Waals surface area contributed by atoms with Crippen LogP contribution in [0.5, 0.6) is 0 Å². The molecule has 122 valence electrons. The molecule has 0 saturated carbocycles.